The number of hydrogen-bond acceptors (Lipinski definition) is 5. The van der Waals surface area contributed by atoms with E-state index in [2.05, 4.69) is 0 Å². The highest BCUT2D eigenvalue weighted by molar-refractivity contribution is 7.91. The van der Waals surface area contributed by atoms with Gasteiger partial charge in [0.25, 0.3) is 0 Å². The van der Waals surface area contributed by atoms with E-state index in [4.69, 9.17) is 5.11 Å². The Labute approximate surface area is 94.8 Å². The highest BCUT2D eigenvalue weighted by atomic mass is 32.2. The molecule has 6 nitrogen and oxygen atoms in total. The molecule has 7 heteroatoms. The van der Waals surface area contributed by atoms with Crippen molar-refractivity contribution >= 4 is 15.8 Å². The molecule has 0 aromatic rings. The third-order valence-corrected chi connectivity index (χ3v) is 4.31. The van der Waals surface area contributed by atoms with Gasteiger partial charge in [-0.2, -0.15) is 0 Å². The first-order valence-corrected chi connectivity index (χ1v) is 6.96. The Balaban J connectivity index is 2.66. The third-order valence-electron chi connectivity index (χ3n) is 2.56. The van der Waals surface area contributed by atoms with Crippen LogP contribution >= 0.6 is 0 Å². The van der Waals surface area contributed by atoms with E-state index < -0.39 is 21.9 Å². The Kier molecular flexibility index (Phi) is 4.28. The van der Waals surface area contributed by atoms with Crippen molar-refractivity contribution in [3.63, 3.8) is 0 Å². The first kappa shape index (κ1) is 13.4. The molecule has 0 radical (unpaired) electrons. The van der Waals surface area contributed by atoms with Crippen molar-refractivity contribution in [2.75, 3.05) is 24.6 Å². The van der Waals surface area contributed by atoms with Crippen LogP contribution in [-0.2, 0) is 14.6 Å². The number of nitrogens with zero attached hydrogens (tertiary/aromatic N) is 1. The molecule has 0 aromatic carbocycles. The fourth-order valence-electron chi connectivity index (χ4n) is 1.92. The molecule has 2 unspecified atom stereocenters. The molecule has 1 rings (SSSR count). The van der Waals surface area contributed by atoms with Gasteiger partial charge >= 0.3 is 5.97 Å². The second-order valence-electron chi connectivity index (χ2n) is 4.23. The zero-order chi connectivity index (χ0) is 12.3. The predicted molar refractivity (Wildman–Crippen MR) is 57.9 cm³/mol. The molecule has 0 amide bonds. The normalized spacial score (nSPS) is 25.8. The fraction of sp³-hybridized carbons (Fsp3) is 0.889. The first-order valence-electron chi connectivity index (χ1n) is 5.14. The van der Waals surface area contributed by atoms with E-state index >= 15 is 0 Å². The Morgan fingerprint density at radius 2 is 2.19 bits per heavy atom. The van der Waals surface area contributed by atoms with Crippen LogP contribution in [0.25, 0.3) is 0 Å². The molecule has 16 heavy (non-hydrogen) atoms. The van der Waals surface area contributed by atoms with Crippen LogP contribution in [0.5, 0.6) is 0 Å². The number of carboxylic acids is 1. The van der Waals surface area contributed by atoms with Crippen molar-refractivity contribution < 1.29 is 23.4 Å². The topological polar surface area (TPSA) is 94.9 Å². The summed E-state index contributed by atoms with van der Waals surface area (Å²) in [7, 11) is -3.03. The van der Waals surface area contributed by atoms with Gasteiger partial charge in [0.05, 0.1) is 24.2 Å². The fourth-order valence-corrected chi connectivity index (χ4v) is 3.68. The molecule has 2 atom stereocenters. The molecule has 0 bridgehead atoms. The van der Waals surface area contributed by atoms with Crippen LogP contribution in [0.3, 0.4) is 0 Å². The number of carboxylic acid groups (broad SMARTS) is 1. The lowest BCUT2D eigenvalue weighted by Crippen LogP contribution is -2.43. The van der Waals surface area contributed by atoms with E-state index in [-0.39, 0.29) is 30.6 Å². The number of sulfone groups is 1. The number of aliphatic hydroxyl groups excluding tert-OH is 1. The summed E-state index contributed by atoms with van der Waals surface area (Å²) in [5.74, 6) is -0.911. The van der Waals surface area contributed by atoms with Gasteiger partial charge in [-0.15, -0.1) is 0 Å². The molecular formula is C9H17NO5S. The Morgan fingerprint density at radius 1 is 1.56 bits per heavy atom. The van der Waals surface area contributed by atoms with Crippen LogP contribution in [0.15, 0.2) is 0 Å². The maximum atomic E-state index is 11.3. The van der Waals surface area contributed by atoms with Gasteiger partial charge in [-0.25, -0.2) is 8.42 Å². The predicted octanol–water partition coefficient (Wildman–Crippen LogP) is -1.06. The summed E-state index contributed by atoms with van der Waals surface area (Å²) < 4.78 is 22.6. The summed E-state index contributed by atoms with van der Waals surface area (Å²) in [4.78, 5) is 12.2. The number of aliphatic carboxylic acids is 1. The maximum Gasteiger partial charge on any atom is 0.317 e. The average Bonchev–Trinajstić information content (AvgIpc) is 2.43. The SMILES string of the molecule is CC(O)CN(CC(=O)O)C1CCS(=O)(=O)C1. The van der Waals surface area contributed by atoms with Crippen molar-refractivity contribution in [3.8, 4) is 0 Å². The van der Waals surface area contributed by atoms with Gasteiger partial charge in [0.1, 0.15) is 0 Å². The van der Waals surface area contributed by atoms with Crippen molar-refractivity contribution in [3.05, 3.63) is 0 Å². The number of carbonyl (C=O) groups is 1. The largest absolute Gasteiger partial charge is 0.480 e. The molecule has 1 saturated heterocycles. The minimum atomic E-state index is -3.03. The van der Waals surface area contributed by atoms with Crippen LogP contribution < -0.4 is 0 Å². The molecule has 0 aliphatic carbocycles. The van der Waals surface area contributed by atoms with E-state index in [0.717, 1.165) is 0 Å². The summed E-state index contributed by atoms with van der Waals surface area (Å²) in [5.41, 5.74) is 0. The number of aliphatic hydroxyl groups is 1. The quantitative estimate of drug-likeness (QED) is 0.647. The molecule has 1 heterocycles. The standard InChI is InChI=1S/C9H17NO5S/c1-7(11)4-10(5-9(12)13)8-2-3-16(14,15)6-8/h7-8,11H,2-6H2,1H3,(H,12,13). The summed E-state index contributed by atoms with van der Waals surface area (Å²) in [6.45, 7) is 1.51. The van der Waals surface area contributed by atoms with Gasteiger partial charge in [0.2, 0.25) is 0 Å². The van der Waals surface area contributed by atoms with Crippen LogP contribution in [0.1, 0.15) is 13.3 Å². The van der Waals surface area contributed by atoms with Gasteiger partial charge in [-0.3, -0.25) is 9.69 Å². The second-order valence-corrected chi connectivity index (χ2v) is 6.46. The summed E-state index contributed by atoms with van der Waals surface area (Å²) in [6, 6.07) is -0.282. The molecule has 1 aliphatic rings. The van der Waals surface area contributed by atoms with E-state index in [0.29, 0.717) is 6.42 Å². The van der Waals surface area contributed by atoms with Gasteiger partial charge in [-0.1, -0.05) is 0 Å². The Morgan fingerprint density at radius 3 is 2.56 bits per heavy atom. The van der Waals surface area contributed by atoms with E-state index in [9.17, 15) is 18.3 Å². The lowest BCUT2D eigenvalue weighted by atomic mass is 10.2. The molecular weight excluding hydrogens is 234 g/mol. The zero-order valence-corrected chi connectivity index (χ0v) is 9.98. The number of rotatable bonds is 5. The van der Waals surface area contributed by atoms with Crippen molar-refractivity contribution in [2.45, 2.75) is 25.5 Å². The lowest BCUT2D eigenvalue weighted by molar-refractivity contribution is -0.139. The van der Waals surface area contributed by atoms with Crippen molar-refractivity contribution in [1.82, 2.24) is 4.90 Å². The first-order chi connectivity index (χ1) is 7.30. The van der Waals surface area contributed by atoms with Gasteiger partial charge in [0, 0.05) is 12.6 Å². The third kappa shape index (κ3) is 4.07. The molecule has 2 N–H and O–H groups in total. The Bertz CT molecular complexity index is 351. The molecule has 0 aromatic heterocycles. The lowest BCUT2D eigenvalue weighted by Gasteiger charge is -2.27. The highest BCUT2D eigenvalue weighted by Gasteiger charge is 2.33. The minimum Gasteiger partial charge on any atom is -0.480 e. The summed E-state index contributed by atoms with van der Waals surface area (Å²) in [5, 5.41) is 18.0. The van der Waals surface area contributed by atoms with Crippen molar-refractivity contribution in [1.29, 1.82) is 0 Å². The summed E-state index contributed by atoms with van der Waals surface area (Å²) >= 11 is 0. The maximum absolute atomic E-state index is 11.3. The van der Waals surface area contributed by atoms with E-state index in [1.807, 2.05) is 0 Å². The molecule has 1 aliphatic heterocycles. The van der Waals surface area contributed by atoms with E-state index in [1.54, 1.807) is 6.92 Å². The van der Waals surface area contributed by atoms with E-state index in [1.165, 1.54) is 4.90 Å². The Hall–Kier alpha value is -0.660. The molecule has 0 saturated carbocycles. The smallest absolute Gasteiger partial charge is 0.317 e. The molecule has 94 valence electrons. The minimum absolute atomic E-state index is 0.00694. The van der Waals surface area contributed by atoms with Gasteiger partial charge in [0.15, 0.2) is 9.84 Å². The summed E-state index contributed by atoms with van der Waals surface area (Å²) in [6.07, 6.45) is -0.217. The van der Waals surface area contributed by atoms with Gasteiger partial charge in [-0.05, 0) is 13.3 Å². The second kappa shape index (κ2) is 5.11. The molecule has 1 fully saturated rings. The van der Waals surface area contributed by atoms with Crippen molar-refractivity contribution in [2.24, 2.45) is 0 Å². The molecule has 0 spiro atoms. The van der Waals surface area contributed by atoms with Crippen LogP contribution in [0.4, 0.5) is 0 Å². The number of hydrogen-bond donors (Lipinski definition) is 2. The average molecular weight is 251 g/mol. The van der Waals surface area contributed by atoms with Gasteiger partial charge < -0.3 is 10.2 Å². The monoisotopic (exact) mass is 251 g/mol. The van der Waals surface area contributed by atoms with Crippen LogP contribution in [0.2, 0.25) is 0 Å². The highest BCUT2D eigenvalue weighted by Crippen LogP contribution is 2.17. The van der Waals surface area contributed by atoms with Crippen LogP contribution in [-0.4, -0.2) is 66.2 Å². The van der Waals surface area contributed by atoms with Crippen LogP contribution in [0, 0.1) is 0 Å². The zero-order valence-electron chi connectivity index (χ0n) is 9.16.